The maximum atomic E-state index is 11.5. The molecule has 0 aliphatic rings. The number of aromatic nitrogens is 2. The van der Waals surface area contributed by atoms with Gasteiger partial charge in [-0.05, 0) is 13.0 Å². The molecule has 1 unspecified atom stereocenters. The molecule has 1 heterocycles. The lowest BCUT2D eigenvalue weighted by atomic mass is 10.2. The molecule has 6 N–H and O–H groups in total. The Balaban J connectivity index is 2.58. The number of ketones is 1. The summed E-state index contributed by atoms with van der Waals surface area (Å²) in [5.74, 6) is -0.993. The second kappa shape index (κ2) is 6.12. The number of nitrogens with one attached hydrogen (secondary N) is 1. The molecule has 0 saturated heterocycles. The van der Waals surface area contributed by atoms with Crippen molar-refractivity contribution in [2.24, 2.45) is 11.5 Å². The number of aliphatic carboxylic acids is 1. The zero-order valence-electron chi connectivity index (χ0n) is 9.35. The Kier molecular flexibility index (Phi) is 4.80. The lowest BCUT2D eigenvalue weighted by molar-refractivity contribution is -0.138. The van der Waals surface area contributed by atoms with Crippen LogP contribution in [0.5, 0.6) is 0 Å². The number of rotatable bonds is 7. The number of imidazole rings is 1. The SMILES string of the molecule is NCCCC(=O)c1ncc(CC(N)C(=O)O)[nH]1. The second-order valence-corrected chi connectivity index (χ2v) is 3.72. The summed E-state index contributed by atoms with van der Waals surface area (Å²) in [6.07, 6.45) is 2.48. The van der Waals surface area contributed by atoms with Crippen molar-refractivity contribution in [3.63, 3.8) is 0 Å². The molecule has 94 valence electrons. The van der Waals surface area contributed by atoms with Crippen LogP contribution in [0.25, 0.3) is 0 Å². The fraction of sp³-hybridized carbons (Fsp3) is 0.500. The topological polar surface area (TPSA) is 135 Å². The minimum atomic E-state index is -1.09. The molecule has 0 spiro atoms. The van der Waals surface area contributed by atoms with Crippen molar-refractivity contribution >= 4 is 11.8 Å². The fourth-order valence-electron chi connectivity index (χ4n) is 1.31. The zero-order chi connectivity index (χ0) is 12.8. The molecule has 1 aromatic heterocycles. The molecule has 0 fully saturated rings. The van der Waals surface area contributed by atoms with E-state index in [2.05, 4.69) is 9.97 Å². The Bertz CT molecular complexity index is 402. The minimum Gasteiger partial charge on any atom is -0.480 e. The van der Waals surface area contributed by atoms with Gasteiger partial charge in [-0.25, -0.2) is 4.98 Å². The Morgan fingerprint density at radius 1 is 1.53 bits per heavy atom. The van der Waals surface area contributed by atoms with Crippen LogP contribution < -0.4 is 11.5 Å². The smallest absolute Gasteiger partial charge is 0.320 e. The molecule has 1 aromatic rings. The number of carboxylic acids is 1. The van der Waals surface area contributed by atoms with E-state index in [1.807, 2.05) is 0 Å². The van der Waals surface area contributed by atoms with E-state index in [4.69, 9.17) is 16.6 Å². The number of carboxylic acid groups (broad SMARTS) is 1. The summed E-state index contributed by atoms with van der Waals surface area (Å²) in [4.78, 5) is 28.7. The summed E-state index contributed by atoms with van der Waals surface area (Å²) >= 11 is 0. The van der Waals surface area contributed by atoms with Gasteiger partial charge in [0.25, 0.3) is 0 Å². The second-order valence-electron chi connectivity index (χ2n) is 3.72. The van der Waals surface area contributed by atoms with Crippen LogP contribution in [0, 0.1) is 0 Å². The third-order valence-corrected chi connectivity index (χ3v) is 2.26. The van der Waals surface area contributed by atoms with E-state index in [9.17, 15) is 9.59 Å². The van der Waals surface area contributed by atoms with Crippen LogP contribution in [0.2, 0.25) is 0 Å². The van der Waals surface area contributed by atoms with Gasteiger partial charge in [0.05, 0.1) is 0 Å². The van der Waals surface area contributed by atoms with Crippen molar-refractivity contribution in [1.29, 1.82) is 0 Å². The van der Waals surface area contributed by atoms with Crippen molar-refractivity contribution in [3.05, 3.63) is 17.7 Å². The van der Waals surface area contributed by atoms with Gasteiger partial charge in [0, 0.05) is 24.7 Å². The number of Topliss-reactive ketones (excluding diaryl/α,β-unsaturated/α-hetero) is 1. The third kappa shape index (κ3) is 3.97. The van der Waals surface area contributed by atoms with Crippen molar-refractivity contribution in [2.75, 3.05) is 6.54 Å². The summed E-state index contributed by atoms with van der Waals surface area (Å²) in [6.45, 7) is 0.448. The molecule has 7 heteroatoms. The number of hydrogen-bond donors (Lipinski definition) is 4. The van der Waals surface area contributed by atoms with Gasteiger partial charge < -0.3 is 21.6 Å². The zero-order valence-corrected chi connectivity index (χ0v) is 9.35. The number of H-pyrrole nitrogens is 1. The molecule has 0 aliphatic heterocycles. The van der Waals surface area contributed by atoms with Crippen LogP contribution in [-0.4, -0.2) is 39.4 Å². The Morgan fingerprint density at radius 2 is 2.24 bits per heavy atom. The van der Waals surface area contributed by atoms with E-state index < -0.39 is 12.0 Å². The van der Waals surface area contributed by atoms with Gasteiger partial charge in [-0.3, -0.25) is 9.59 Å². The molecule has 17 heavy (non-hydrogen) atoms. The first-order chi connectivity index (χ1) is 8.04. The van der Waals surface area contributed by atoms with E-state index in [1.54, 1.807) is 0 Å². The summed E-state index contributed by atoms with van der Waals surface area (Å²) in [6, 6.07) is -0.998. The Morgan fingerprint density at radius 3 is 2.82 bits per heavy atom. The molecule has 1 atom stereocenters. The van der Waals surface area contributed by atoms with Crippen LogP contribution in [0.15, 0.2) is 6.20 Å². The number of hydrogen-bond acceptors (Lipinski definition) is 5. The standard InChI is InChI=1S/C10H16N4O3/c11-3-1-2-8(15)9-13-5-6(14-9)4-7(12)10(16)17/h5,7H,1-4,11-12H2,(H,13,14)(H,16,17). The van der Waals surface area contributed by atoms with E-state index >= 15 is 0 Å². The lowest BCUT2D eigenvalue weighted by Crippen LogP contribution is -2.32. The molecule has 0 aliphatic carbocycles. The summed E-state index contributed by atoms with van der Waals surface area (Å²) in [5.41, 5.74) is 11.2. The van der Waals surface area contributed by atoms with Gasteiger partial charge in [-0.2, -0.15) is 0 Å². The quantitative estimate of drug-likeness (QED) is 0.465. The fourth-order valence-corrected chi connectivity index (χ4v) is 1.31. The molecule has 1 rings (SSSR count). The van der Waals surface area contributed by atoms with Gasteiger partial charge in [0.2, 0.25) is 0 Å². The number of nitrogens with zero attached hydrogens (tertiary/aromatic N) is 1. The van der Waals surface area contributed by atoms with Gasteiger partial charge in [0.1, 0.15) is 6.04 Å². The van der Waals surface area contributed by atoms with Gasteiger partial charge in [-0.15, -0.1) is 0 Å². The molecular formula is C10H16N4O3. The van der Waals surface area contributed by atoms with Crippen LogP contribution >= 0.6 is 0 Å². The first kappa shape index (κ1) is 13.3. The van der Waals surface area contributed by atoms with E-state index in [0.29, 0.717) is 25.1 Å². The van der Waals surface area contributed by atoms with E-state index in [1.165, 1.54) is 6.20 Å². The van der Waals surface area contributed by atoms with Crippen molar-refractivity contribution in [3.8, 4) is 0 Å². The van der Waals surface area contributed by atoms with E-state index in [-0.39, 0.29) is 18.0 Å². The van der Waals surface area contributed by atoms with Crippen LogP contribution in [0.1, 0.15) is 29.2 Å². The first-order valence-corrected chi connectivity index (χ1v) is 5.30. The molecule has 0 radical (unpaired) electrons. The Hall–Kier alpha value is -1.73. The first-order valence-electron chi connectivity index (χ1n) is 5.30. The highest BCUT2D eigenvalue weighted by Gasteiger charge is 2.15. The van der Waals surface area contributed by atoms with Gasteiger partial charge >= 0.3 is 5.97 Å². The largest absolute Gasteiger partial charge is 0.480 e. The predicted octanol–water partition coefficient (Wildman–Crippen LogP) is -0.714. The average Bonchev–Trinajstić information content (AvgIpc) is 2.74. The number of nitrogens with two attached hydrogens (primary N) is 2. The van der Waals surface area contributed by atoms with E-state index in [0.717, 1.165) is 0 Å². The molecular weight excluding hydrogens is 224 g/mol. The monoisotopic (exact) mass is 240 g/mol. The summed E-state index contributed by atoms with van der Waals surface area (Å²) in [5, 5.41) is 8.64. The maximum Gasteiger partial charge on any atom is 0.320 e. The van der Waals surface area contributed by atoms with Crippen LogP contribution in [0.4, 0.5) is 0 Å². The number of carbonyl (C=O) groups is 2. The summed E-state index contributed by atoms with van der Waals surface area (Å²) in [7, 11) is 0. The minimum absolute atomic E-state index is 0.118. The Labute approximate surface area is 98.2 Å². The third-order valence-electron chi connectivity index (χ3n) is 2.26. The normalized spacial score (nSPS) is 12.4. The lowest BCUT2D eigenvalue weighted by Gasteiger charge is -2.02. The highest BCUT2D eigenvalue weighted by molar-refractivity contribution is 5.92. The highest BCUT2D eigenvalue weighted by atomic mass is 16.4. The average molecular weight is 240 g/mol. The molecule has 0 bridgehead atoms. The molecule has 7 nitrogen and oxygen atoms in total. The number of carbonyl (C=O) groups excluding carboxylic acids is 1. The molecule has 0 saturated carbocycles. The van der Waals surface area contributed by atoms with Crippen molar-refractivity contribution in [2.45, 2.75) is 25.3 Å². The van der Waals surface area contributed by atoms with Crippen molar-refractivity contribution in [1.82, 2.24) is 9.97 Å². The number of aromatic amines is 1. The maximum absolute atomic E-state index is 11.5. The predicted molar refractivity (Wildman–Crippen MR) is 60.5 cm³/mol. The highest BCUT2D eigenvalue weighted by Crippen LogP contribution is 2.04. The van der Waals surface area contributed by atoms with Crippen molar-refractivity contribution < 1.29 is 14.7 Å². The molecule has 0 aromatic carbocycles. The molecule has 0 amide bonds. The van der Waals surface area contributed by atoms with Gasteiger partial charge in [0.15, 0.2) is 11.6 Å². The van der Waals surface area contributed by atoms with Gasteiger partial charge in [-0.1, -0.05) is 0 Å². The van der Waals surface area contributed by atoms with Crippen LogP contribution in [0.3, 0.4) is 0 Å². The van der Waals surface area contributed by atoms with Crippen LogP contribution in [-0.2, 0) is 11.2 Å². The summed E-state index contributed by atoms with van der Waals surface area (Å²) < 4.78 is 0.